The third-order valence-electron chi connectivity index (χ3n) is 4.26. The number of ether oxygens (including phenoxy) is 1. The standard InChI is InChI=1S/C20H18Cl2N2O4S2/c1-3-11-24-18-15(21)8-9-16(22)19(18)29-20(24)23-17(25)10-12-30(26,27)14-6-4-13(28-2)5-7-14/h3-9H,1,10-12H2,2H3. The highest BCUT2D eigenvalue weighted by molar-refractivity contribution is 7.91. The smallest absolute Gasteiger partial charge is 0.249 e. The molecule has 0 fully saturated rings. The molecule has 1 aromatic heterocycles. The SMILES string of the molecule is C=CCn1c(=NC(=O)CCS(=O)(=O)c2ccc(OC)cc2)sc2c(Cl)ccc(Cl)c21. The van der Waals surface area contributed by atoms with Crippen LogP contribution in [0.4, 0.5) is 0 Å². The monoisotopic (exact) mass is 484 g/mol. The number of methoxy groups -OCH3 is 1. The van der Waals surface area contributed by atoms with Crippen LogP contribution in [0.15, 0.2) is 58.9 Å². The Labute approximate surface area is 188 Å². The fourth-order valence-electron chi connectivity index (χ4n) is 2.78. The highest BCUT2D eigenvalue weighted by Crippen LogP contribution is 2.31. The van der Waals surface area contributed by atoms with Crippen molar-refractivity contribution < 1.29 is 17.9 Å². The van der Waals surface area contributed by atoms with Crippen molar-refractivity contribution in [3.8, 4) is 5.75 Å². The number of carbonyl (C=O) groups is 1. The van der Waals surface area contributed by atoms with Crippen LogP contribution in [0.5, 0.6) is 5.75 Å². The van der Waals surface area contributed by atoms with Crippen LogP contribution in [0, 0.1) is 0 Å². The van der Waals surface area contributed by atoms with E-state index in [9.17, 15) is 13.2 Å². The molecule has 3 aromatic rings. The molecule has 0 bridgehead atoms. The van der Waals surface area contributed by atoms with Crippen molar-refractivity contribution in [3.63, 3.8) is 0 Å². The molecule has 30 heavy (non-hydrogen) atoms. The number of fused-ring (bicyclic) bond motifs is 1. The fraction of sp³-hybridized carbons (Fsp3) is 0.200. The molecule has 1 amide bonds. The number of hydrogen-bond acceptors (Lipinski definition) is 5. The van der Waals surface area contributed by atoms with Gasteiger partial charge in [-0.2, -0.15) is 4.99 Å². The van der Waals surface area contributed by atoms with Gasteiger partial charge in [0.1, 0.15) is 5.75 Å². The first kappa shape index (κ1) is 22.6. The molecule has 0 aliphatic carbocycles. The maximum atomic E-state index is 12.5. The van der Waals surface area contributed by atoms with E-state index in [2.05, 4.69) is 11.6 Å². The molecule has 0 radical (unpaired) electrons. The zero-order valence-electron chi connectivity index (χ0n) is 16.0. The molecule has 1 heterocycles. The summed E-state index contributed by atoms with van der Waals surface area (Å²) in [5.74, 6) is -0.354. The average Bonchev–Trinajstić information content (AvgIpc) is 3.09. The summed E-state index contributed by atoms with van der Waals surface area (Å²) >= 11 is 13.8. The van der Waals surface area contributed by atoms with Crippen molar-refractivity contribution in [1.82, 2.24) is 4.57 Å². The van der Waals surface area contributed by atoms with Crippen LogP contribution in [0.3, 0.4) is 0 Å². The second kappa shape index (κ2) is 9.34. The lowest BCUT2D eigenvalue weighted by Gasteiger charge is -2.05. The quantitative estimate of drug-likeness (QED) is 0.462. The van der Waals surface area contributed by atoms with E-state index in [-0.39, 0.29) is 17.1 Å². The number of aromatic nitrogens is 1. The highest BCUT2D eigenvalue weighted by atomic mass is 35.5. The van der Waals surface area contributed by atoms with Crippen molar-refractivity contribution in [2.75, 3.05) is 12.9 Å². The van der Waals surface area contributed by atoms with Crippen molar-refractivity contribution in [1.29, 1.82) is 0 Å². The molecule has 0 atom stereocenters. The largest absolute Gasteiger partial charge is 0.497 e. The lowest BCUT2D eigenvalue weighted by Crippen LogP contribution is -2.18. The van der Waals surface area contributed by atoms with E-state index >= 15 is 0 Å². The van der Waals surface area contributed by atoms with Gasteiger partial charge >= 0.3 is 0 Å². The first-order valence-corrected chi connectivity index (χ1v) is 12.0. The molecule has 0 N–H and O–H groups in total. The fourth-order valence-corrected chi connectivity index (χ4v) is 5.68. The minimum atomic E-state index is -3.63. The number of benzene rings is 2. The summed E-state index contributed by atoms with van der Waals surface area (Å²) in [4.78, 5) is 17.1. The molecule has 6 nitrogen and oxygen atoms in total. The molecule has 0 aliphatic rings. The summed E-state index contributed by atoms with van der Waals surface area (Å²) in [6.07, 6.45) is 1.40. The maximum Gasteiger partial charge on any atom is 0.249 e. The van der Waals surface area contributed by atoms with Gasteiger partial charge in [-0.25, -0.2) is 8.42 Å². The molecule has 2 aromatic carbocycles. The topological polar surface area (TPSA) is 77.7 Å². The maximum absolute atomic E-state index is 12.5. The Morgan fingerprint density at radius 1 is 1.20 bits per heavy atom. The Hall–Kier alpha value is -2.13. The number of allylic oxidation sites excluding steroid dienone is 1. The number of rotatable bonds is 7. The van der Waals surface area contributed by atoms with Crippen molar-refractivity contribution in [3.05, 3.63) is 63.9 Å². The molecule has 10 heteroatoms. The van der Waals surface area contributed by atoms with Gasteiger partial charge in [-0.15, -0.1) is 6.58 Å². The minimum Gasteiger partial charge on any atom is -0.497 e. The van der Waals surface area contributed by atoms with Crippen LogP contribution in [-0.4, -0.2) is 31.8 Å². The number of amides is 1. The predicted molar refractivity (Wildman–Crippen MR) is 120 cm³/mol. The first-order chi connectivity index (χ1) is 14.3. The predicted octanol–water partition coefficient (Wildman–Crippen LogP) is 4.50. The van der Waals surface area contributed by atoms with Gasteiger partial charge in [0.2, 0.25) is 5.91 Å². The van der Waals surface area contributed by atoms with Crippen LogP contribution in [0.25, 0.3) is 10.2 Å². The summed E-state index contributed by atoms with van der Waals surface area (Å²) in [7, 11) is -2.13. The molecule has 0 aliphatic heterocycles. The summed E-state index contributed by atoms with van der Waals surface area (Å²) in [5, 5.41) is 0.969. The zero-order valence-corrected chi connectivity index (χ0v) is 19.1. The van der Waals surface area contributed by atoms with Gasteiger partial charge in [0.15, 0.2) is 14.6 Å². The highest BCUT2D eigenvalue weighted by Gasteiger charge is 2.17. The normalized spacial score (nSPS) is 12.3. The summed E-state index contributed by atoms with van der Waals surface area (Å²) in [6, 6.07) is 9.36. The van der Waals surface area contributed by atoms with Crippen LogP contribution in [0.2, 0.25) is 10.0 Å². The Balaban J connectivity index is 1.88. The van der Waals surface area contributed by atoms with Crippen molar-refractivity contribution in [2.45, 2.75) is 17.9 Å². The summed E-state index contributed by atoms with van der Waals surface area (Å²) < 4.78 is 32.5. The molecule has 0 unspecified atom stereocenters. The zero-order chi connectivity index (χ0) is 21.9. The van der Waals surface area contributed by atoms with E-state index < -0.39 is 15.7 Å². The van der Waals surface area contributed by atoms with Gasteiger partial charge in [-0.3, -0.25) is 4.79 Å². The van der Waals surface area contributed by atoms with Gasteiger partial charge in [0, 0.05) is 13.0 Å². The van der Waals surface area contributed by atoms with Crippen LogP contribution in [-0.2, 0) is 21.2 Å². The Kier molecular flexibility index (Phi) is 7.02. The second-order valence-corrected chi connectivity index (χ2v) is 10.1. The second-order valence-electron chi connectivity index (χ2n) is 6.24. The minimum absolute atomic E-state index is 0.123. The van der Waals surface area contributed by atoms with Crippen LogP contribution >= 0.6 is 34.5 Å². The number of sulfone groups is 1. The third kappa shape index (κ3) is 4.78. The molecule has 3 rings (SSSR count). The molecule has 0 saturated heterocycles. The van der Waals surface area contributed by atoms with Crippen molar-refractivity contribution in [2.24, 2.45) is 4.99 Å². The van der Waals surface area contributed by atoms with E-state index in [4.69, 9.17) is 27.9 Å². The Morgan fingerprint density at radius 3 is 2.50 bits per heavy atom. The van der Waals surface area contributed by atoms with Crippen LogP contribution in [0.1, 0.15) is 6.42 Å². The van der Waals surface area contributed by atoms with Gasteiger partial charge in [-0.05, 0) is 36.4 Å². The summed E-state index contributed by atoms with van der Waals surface area (Å²) in [5.41, 5.74) is 0.659. The average molecular weight is 485 g/mol. The van der Waals surface area contributed by atoms with Gasteiger partial charge in [-0.1, -0.05) is 40.6 Å². The van der Waals surface area contributed by atoms with Crippen molar-refractivity contribution >= 4 is 60.5 Å². The number of halogens is 2. The molecular formula is C20H18Cl2N2O4S2. The molecule has 0 saturated carbocycles. The van der Waals surface area contributed by atoms with E-state index in [1.807, 2.05) is 0 Å². The molecular weight excluding hydrogens is 467 g/mol. The lowest BCUT2D eigenvalue weighted by atomic mass is 10.3. The Bertz CT molecular complexity index is 1280. The summed E-state index contributed by atoms with van der Waals surface area (Å²) in [6.45, 7) is 4.09. The van der Waals surface area contributed by atoms with Gasteiger partial charge in [0.25, 0.3) is 0 Å². The lowest BCUT2D eigenvalue weighted by molar-refractivity contribution is -0.117. The number of nitrogens with zero attached hydrogens (tertiary/aromatic N) is 2. The van der Waals surface area contributed by atoms with Gasteiger partial charge < -0.3 is 9.30 Å². The number of hydrogen-bond donors (Lipinski definition) is 0. The van der Waals surface area contributed by atoms with Gasteiger partial charge in [0.05, 0.1) is 38.0 Å². The number of thiazole rings is 1. The molecule has 0 spiro atoms. The van der Waals surface area contributed by atoms with Crippen LogP contribution < -0.4 is 9.54 Å². The van der Waals surface area contributed by atoms with E-state index in [0.29, 0.717) is 37.4 Å². The first-order valence-electron chi connectivity index (χ1n) is 8.79. The third-order valence-corrected chi connectivity index (χ3v) is 7.84. The number of carbonyl (C=O) groups excluding carboxylic acids is 1. The van der Waals surface area contributed by atoms with E-state index in [0.717, 1.165) is 0 Å². The Morgan fingerprint density at radius 2 is 1.87 bits per heavy atom. The van der Waals surface area contributed by atoms with E-state index in [1.54, 1.807) is 34.9 Å². The van der Waals surface area contributed by atoms with E-state index in [1.165, 1.54) is 30.6 Å². The molecule has 158 valence electrons.